The predicted molar refractivity (Wildman–Crippen MR) is 113 cm³/mol. The molecule has 0 aliphatic heterocycles. The molecule has 2 N–H and O–H groups in total. The molecule has 3 rings (SSSR count). The third-order valence-electron chi connectivity index (χ3n) is 4.66. The molecule has 1 aromatic heterocycles. The van der Waals surface area contributed by atoms with E-state index < -0.39 is 6.04 Å². The molecule has 0 saturated carbocycles. The molecule has 0 aliphatic rings. The summed E-state index contributed by atoms with van der Waals surface area (Å²) in [6.45, 7) is 4.06. The molecule has 1 heterocycles. The molecule has 0 spiro atoms. The van der Waals surface area contributed by atoms with Crippen LogP contribution in [0.3, 0.4) is 0 Å². The van der Waals surface area contributed by atoms with Gasteiger partial charge in [0.2, 0.25) is 5.91 Å². The first-order valence-electron chi connectivity index (χ1n) is 9.37. The zero-order valence-corrected chi connectivity index (χ0v) is 16.8. The van der Waals surface area contributed by atoms with Crippen LogP contribution >= 0.6 is 11.3 Å². The molecule has 144 valence electrons. The van der Waals surface area contributed by atoms with E-state index in [1.165, 1.54) is 16.9 Å². The largest absolute Gasteiger partial charge is 0.347 e. The van der Waals surface area contributed by atoms with Crippen LogP contribution < -0.4 is 10.6 Å². The maximum absolute atomic E-state index is 13.0. The molecule has 0 radical (unpaired) electrons. The van der Waals surface area contributed by atoms with Crippen LogP contribution in [0.4, 0.5) is 0 Å². The smallest absolute Gasteiger partial charge is 0.262 e. The lowest BCUT2D eigenvalue weighted by Crippen LogP contribution is -2.41. The molecule has 0 fully saturated rings. The minimum Gasteiger partial charge on any atom is -0.347 e. The van der Waals surface area contributed by atoms with Gasteiger partial charge in [0.1, 0.15) is 6.04 Å². The van der Waals surface area contributed by atoms with Crippen molar-refractivity contribution in [2.75, 3.05) is 0 Å². The third-order valence-corrected chi connectivity index (χ3v) is 5.53. The summed E-state index contributed by atoms with van der Waals surface area (Å²) in [6, 6.07) is 20.2. The lowest BCUT2D eigenvalue weighted by atomic mass is 10.0. The number of aryl methyl sites for hydroxylation is 1. The summed E-state index contributed by atoms with van der Waals surface area (Å²) >= 11 is 1.35. The van der Waals surface area contributed by atoms with Crippen molar-refractivity contribution in [2.24, 2.45) is 0 Å². The predicted octanol–water partition coefficient (Wildman–Crippen LogP) is 4.66. The summed E-state index contributed by atoms with van der Waals surface area (Å²) in [7, 11) is 0. The van der Waals surface area contributed by atoms with Crippen molar-refractivity contribution in [1.82, 2.24) is 10.6 Å². The summed E-state index contributed by atoms with van der Waals surface area (Å²) in [5.74, 6) is -0.484. The Morgan fingerprint density at radius 1 is 0.893 bits per heavy atom. The van der Waals surface area contributed by atoms with Crippen LogP contribution in [0.1, 0.15) is 52.3 Å². The number of nitrogens with one attached hydrogen (secondary N) is 2. The molecule has 3 aromatic rings. The van der Waals surface area contributed by atoms with Crippen LogP contribution in [0.2, 0.25) is 0 Å². The first-order valence-corrected chi connectivity index (χ1v) is 10.2. The lowest BCUT2D eigenvalue weighted by molar-refractivity contribution is -0.123. The molecule has 0 saturated heterocycles. The van der Waals surface area contributed by atoms with Gasteiger partial charge in [-0.25, -0.2) is 0 Å². The van der Waals surface area contributed by atoms with E-state index in [9.17, 15) is 9.59 Å². The molecule has 2 atom stereocenters. The van der Waals surface area contributed by atoms with Crippen molar-refractivity contribution in [2.45, 2.75) is 32.4 Å². The van der Waals surface area contributed by atoms with Crippen molar-refractivity contribution >= 4 is 23.2 Å². The van der Waals surface area contributed by atoms with E-state index in [2.05, 4.69) is 29.7 Å². The van der Waals surface area contributed by atoms with E-state index in [1.54, 1.807) is 6.07 Å². The fourth-order valence-corrected chi connectivity index (χ4v) is 3.60. The molecule has 28 heavy (non-hydrogen) atoms. The van der Waals surface area contributed by atoms with E-state index in [-0.39, 0.29) is 17.9 Å². The highest BCUT2D eigenvalue weighted by Crippen LogP contribution is 2.19. The Balaban J connectivity index is 1.76. The Morgan fingerprint density at radius 3 is 2.21 bits per heavy atom. The van der Waals surface area contributed by atoms with Crippen molar-refractivity contribution in [3.63, 3.8) is 0 Å². The van der Waals surface area contributed by atoms with Gasteiger partial charge in [0.15, 0.2) is 0 Å². The van der Waals surface area contributed by atoms with Gasteiger partial charge >= 0.3 is 0 Å². The van der Waals surface area contributed by atoms with Crippen LogP contribution in [-0.4, -0.2) is 11.8 Å². The lowest BCUT2D eigenvalue weighted by Gasteiger charge is -2.22. The quantitative estimate of drug-likeness (QED) is 0.614. The number of thiophene rings is 1. The van der Waals surface area contributed by atoms with Crippen molar-refractivity contribution < 1.29 is 9.59 Å². The second-order valence-electron chi connectivity index (χ2n) is 6.62. The first kappa shape index (κ1) is 19.8. The van der Waals surface area contributed by atoms with Gasteiger partial charge < -0.3 is 10.6 Å². The maximum Gasteiger partial charge on any atom is 0.262 e. The van der Waals surface area contributed by atoms with Gasteiger partial charge in [0.25, 0.3) is 5.91 Å². The molecule has 0 unspecified atom stereocenters. The zero-order valence-electron chi connectivity index (χ0n) is 16.0. The van der Waals surface area contributed by atoms with Crippen molar-refractivity contribution in [1.29, 1.82) is 0 Å². The molecule has 0 aliphatic carbocycles. The first-order chi connectivity index (χ1) is 13.6. The Bertz CT molecular complexity index is 906. The van der Waals surface area contributed by atoms with Gasteiger partial charge in [-0.05, 0) is 41.5 Å². The summed E-state index contributed by atoms with van der Waals surface area (Å²) in [4.78, 5) is 26.2. The number of rotatable bonds is 7. The summed E-state index contributed by atoms with van der Waals surface area (Å²) in [5.41, 5.74) is 3.04. The highest BCUT2D eigenvalue weighted by atomic mass is 32.1. The maximum atomic E-state index is 13.0. The third kappa shape index (κ3) is 4.87. The fraction of sp³-hybridized carbons (Fsp3) is 0.217. The standard InChI is InChI=1S/C23H24N2O2S/c1-3-17-11-13-18(14-12-17)16(2)24-23(27)21(19-8-5-4-6-9-19)25-22(26)20-10-7-15-28-20/h4-16,21H,3H2,1-2H3,(H,24,27)(H,25,26)/t16-,21-/m1/s1. The number of hydrogen-bond donors (Lipinski definition) is 2. The van der Waals surface area contributed by atoms with E-state index in [1.807, 2.05) is 60.8 Å². The van der Waals surface area contributed by atoms with Crippen molar-refractivity contribution in [3.05, 3.63) is 93.7 Å². The average molecular weight is 393 g/mol. The number of amides is 2. The number of carbonyl (C=O) groups is 2. The van der Waals surface area contributed by atoms with Gasteiger partial charge in [-0.3, -0.25) is 9.59 Å². The normalized spacial score (nSPS) is 12.8. The summed E-state index contributed by atoms with van der Waals surface area (Å²) in [6.07, 6.45) is 0.978. The van der Waals surface area contributed by atoms with Gasteiger partial charge in [0.05, 0.1) is 10.9 Å². The van der Waals surface area contributed by atoms with E-state index in [0.717, 1.165) is 17.5 Å². The minimum atomic E-state index is -0.756. The average Bonchev–Trinajstić information content (AvgIpc) is 3.27. The van der Waals surface area contributed by atoms with Crippen LogP contribution in [0.15, 0.2) is 72.1 Å². The number of hydrogen-bond acceptors (Lipinski definition) is 3. The zero-order chi connectivity index (χ0) is 19.9. The molecule has 2 amide bonds. The molecule has 2 aromatic carbocycles. The SMILES string of the molecule is CCc1ccc([C@@H](C)NC(=O)[C@H](NC(=O)c2cccs2)c2ccccc2)cc1. The van der Waals surface area contributed by atoms with Crippen LogP contribution in [0.25, 0.3) is 0 Å². The Labute approximate surface area is 169 Å². The van der Waals surface area contributed by atoms with E-state index >= 15 is 0 Å². The van der Waals surface area contributed by atoms with E-state index in [0.29, 0.717) is 4.88 Å². The fourth-order valence-electron chi connectivity index (χ4n) is 2.98. The molecule has 5 heteroatoms. The second kappa shape index (κ2) is 9.33. The monoisotopic (exact) mass is 392 g/mol. The topological polar surface area (TPSA) is 58.2 Å². The van der Waals surface area contributed by atoms with Crippen LogP contribution in [0.5, 0.6) is 0 Å². The highest BCUT2D eigenvalue weighted by Gasteiger charge is 2.25. The Hall–Kier alpha value is -2.92. The van der Waals surface area contributed by atoms with Gasteiger partial charge in [0, 0.05) is 0 Å². The van der Waals surface area contributed by atoms with Crippen LogP contribution in [0, 0.1) is 0 Å². The summed E-state index contributed by atoms with van der Waals surface area (Å²) in [5, 5.41) is 7.74. The highest BCUT2D eigenvalue weighted by molar-refractivity contribution is 7.12. The second-order valence-corrected chi connectivity index (χ2v) is 7.57. The minimum absolute atomic E-state index is 0.164. The molecule has 4 nitrogen and oxygen atoms in total. The van der Waals surface area contributed by atoms with E-state index in [4.69, 9.17) is 0 Å². The molecular formula is C23H24N2O2S. The Kier molecular flexibility index (Phi) is 6.61. The van der Waals surface area contributed by atoms with Gasteiger partial charge in [-0.2, -0.15) is 0 Å². The molecule has 0 bridgehead atoms. The van der Waals surface area contributed by atoms with Crippen molar-refractivity contribution in [3.8, 4) is 0 Å². The Morgan fingerprint density at radius 2 is 1.61 bits per heavy atom. The van der Waals surface area contributed by atoms with Gasteiger partial charge in [-0.15, -0.1) is 11.3 Å². The molecular weight excluding hydrogens is 368 g/mol. The number of carbonyl (C=O) groups excluding carboxylic acids is 2. The summed E-state index contributed by atoms with van der Waals surface area (Å²) < 4.78 is 0. The van der Waals surface area contributed by atoms with Gasteiger partial charge in [-0.1, -0.05) is 67.6 Å². The van der Waals surface area contributed by atoms with Crippen LogP contribution in [-0.2, 0) is 11.2 Å². The number of benzene rings is 2.